The van der Waals surface area contributed by atoms with E-state index in [1.165, 1.54) is 12.1 Å². The van der Waals surface area contributed by atoms with Crippen LogP contribution in [0, 0.1) is 17.0 Å². The van der Waals surface area contributed by atoms with Crippen LogP contribution in [0.1, 0.15) is 32.4 Å². The van der Waals surface area contributed by atoms with Crippen molar-refractivity contribution in [2.75, 3.05) is 0 Å². The molecule has 78 valence electrons. The van der Waals surface area contributed by atoms with E-state index in [9.17, 15) is 8.78 Å². The van der Waals surface area contributed by atoms with Gasteiger partial charge in [0.15, 0.2) is 0 Å². The van der Waals surface area contributed by atoms with E-state index in [1.54, 1.807) is 0 Å². The highest BCUT2D eigenvalue weighted by Crippen LogP contribution is 2.31. The van der Waals surface area contributed by atoms with Crippen LogP contribution in [-0.2, 0) is 0 Å². The summed E-state index contributed by atoms with van der Waals surface area (Å²) in [5, 5.41) is 0. The molecule has 0 heterocycles. The first-order chi connectivity index (χ1) is 6.32. The minimum atomic E-state index is -0.577. The van der Waals surface area contributed by atoms with Crippen LogP contribution >= 0.6 is 0 Å². The molecule has 0 saturated carbocycles. The summed E-state index contributed by atoms with van der Waals surface area (Å²) in [6, 6.07) is 3.06. The lowest BCUT2D eigenvalue weighted by atomic mass is 9.83. The van der Waals surface area contributed by atoms with Crippen LogP contribution in [0.3, 0.4) is 0 Å². The van der Waals surface area contributed by atoms with Crippen LogP contribution in [0.15, 0.2) is 18.2 Å². The van der Waals surface area contributed by atoms with Crippen molar-refractivity contribution < 1.29 is 8.78 Å². The van der Waals surface area contributed by atoms with E-state index in [1.807, 2.05) is 20.8 Å². The first kappa shape index (κ1) is 11.1. The van der Waals surface area contributed by atoms with Crippen LogP contribution in [0.2, 0.25) is 0 Å². The van der Waals surface area contributed by atoms with Gasteiger partial charge in [-0.1, -0.05) is 26.8 Å². The zero-order chi connectivity index (χ0) is 10.9. The average molecular weight is 199 g/mol. The summed E-state index contributed by atoms with van der Waals surface area (Å²) in [7, 11) is 0. The van der Waals surface area contributed by atoms with Crippen LogP contribution < -0.4 is 5.73 Å². The van der Waals surface area contributed by atoms with E-state index in [2.05, 4.69) is 0 Å². The van der Waals surface area contributed by atoms with Crippen LogP contribution in [0.5, 0.6) is 0 Å². The Morgan fingerprint density at radius 1 is 1.21 bits per heavy atom. The molecule has 0 aliphatic rings. The van der Waals surface area contributed by atoms with Crippen molar-refractivity contribution in [3.05, 3.63) is 35.4 Å². The first-order valence-corrected chi connectivity index (χ1v) is 4.53. The minimum absolute atomic E-state index is 0.237. The van der Waals surface area contributed by atoms with E-state index in [-0.39, 0.29) is 5.41 Å². The Bertz CT molecular complexity index is 329. The van der Waals surface area contributed by atoms with E-state index in [0.29, 0.717) is 5.56 Å². The van der Waals surface area contributed by atoms with Crippen molar-refractivity contribution in [2.24, 2.45) is 11.1 Å². The van der Waals surface area contributed by atoms with E-state index >= 15 is 0 Å². The summed E-state index contributed by atoms with van der Waals surface area (Å²) in [5.74, 6) is -1.15. The Morgan fingerprint density at radius 3 is 2.21 bits per heavy atom. The van der Waals surface area contributed by atoms with Crippen molar-refractivity contribution in [2.45, 2.75) is 26.8 Å². The second-order valence-corrected chi connectivity index (χ2v) is 4.51. The molecule has 0 saturated heterocycles. The van der Waals surface area contributed by atoms with Crippen molar-refractivity contribution in [1.82, 2.24) is 0 Å². The maximum atomic E-state index is 13.3. The largest absolute Gasteiger partial charge is 0.323 e. The molecule has 1 aromatic carbocycles. The standard InChI is InChI=1S/C11H15F2N/c1-11(2,3)10(14)8-5-4-7(12)6-9(8)13/h4-6,10H,14H2,1-3H3/t10-/m1/s1. The molecule has 0 unspecified atom stereocenters. The second-order valence-electron chi connectivity index (χ2n) is 4.51. The fraction of sp³-hybridized carbons (Fsp3) is 0.455. The molecule has 3 heteroatoms. The topological polar surface area (TPSA) is 26.0 Å². The van der Waals surface area contributed by atoms with Gasteiger partial charge >= 0.3 is 0 Å². The summed E-state index contributed by atoms with van der Waals surface area (Å²) in [6.07, 6.45) is 0. The second kappa shape index (κ2) is 3.65. The molecule has 2 N–H and O–H groups in total. The number of halogens is 2. The van der Waals surface area contributed by atoms with Crippen molar-refractivity contribution in [1.29, 1.82) is 0 Å². The number of rotatable bonds is 1. The van der Waals surface area contributed by atoms with E-state index in [0.717, 1.165) is 6.07 Å². The highest BCUT2D eigenvalue weighted by Gasteiger charge is 2.24. The lowest BCUT2D eigenvalue weighted by Crippen LogP contribution is -2.27. The first-order valence-electron chi connectivity index (χ1n) is 4.53. The number of benzene rings is 1. The fourth-order valence-electron chi connectivity index (χ4n) is 1.22. The monoisotopic (exact) mass is 199 g/mol. The third-order valence-corrected chi connectivity index (χ3v) is 2.23. The molecule has 0 radical (unpaired) electrons. The number of hydrogen-bond donors (Lipinski definition) is 1. The molecule has 0 aromatic heterocycles. The highest BCUT2D eigenvalue weighted by molar-refractivity contribution is 5.23. The molecule has 0 aliphatic heterocycles. The minimum Gasteiger partial charge on any atom is -0.323 e. The number of hydrogen-bond acceptors (Lipinski definition) is 1. The van der Waals surface area contributed by atoms with Crippen LogP contribution in [0.4, 0.5) is 8.78 Å². The SMILES string of the molecule is CC(C)(C)[C@H](N)c1ccc(F)cc1F. The van der Waals surface area contributed by atoms with Gasteiger partial charge in [-0.05, 0) is 11.5 Å². The normalized spacial score (nSPS) is 14.1. The van der Waals surface area contributed by atoms with Gasteiger partial charge in [0.2, 0.25) is 0 Å². The van der Waals surface area contributed by atoms with Crippen molar-refractivity contribution in [3.63, 3.8) is 0 Å². The van der Waals surface area contributed by atoms with Gasteiger partial charge in [0, 0.05) is 17.7 Å². The van der Waals surface area contributed by atoms with Gasteiger partial charge in [-0.15, -0.1) is 0 Å². The summed E-state index contributed by atoms with van der Waals surface area (Å²) >= 11 is 0. The van der Waals surface area contributed by atoms with Gasteiger partial charge in [-0.2, -0.15) is 0 Å². The zero-order valence-electron chi connectivity index (χ0n) is 8.64. The Balaban J connectivity index is 3.08. The molecule has 0 fully saturated rings. The quantitative estimate of drug-likeness (QED) is 0.739. The van der Waals surface area contributed by atoms with Gasteiger partial charge in [-0.25, -0.2) is 8.78 Å². The van der Waals surface area contributed by atoms with E-state index < -0.39 is 17.7 Å². The van der Waals surface area contributed by atoms with Gasteiger partial charge in [0.05, 0.1) is 0 Å². The smallest absolute Gasteiger partial charge is 0.130 e. The van der Waals surface area contributed by atoms with Crippen molar-refractivity contribution in [3.8, 4) is 0 Å². The van der Waals surface area contributed by atoms with Crippen LogP contribution in [0.25, 0.3) is 0 Å². The Morgan fingerprint density at radius 2 is 1.79 bits per heavy atom. The fourth-order valence-corrected chi connectivity index (χ4v) is 1.22. The van der Waals surface area contributed by atoms with Gasteiger partial charge in [0.1, 0.15) is 11.6 Å². The molecule has 1 nitrogen and oxygen atoms in total. The van der Waals surface area contributed by atoms with Gasteiger partial charge < -0.3 is 5.73 Å². The summed E-state index contributed by atoms with van der Waals surface area (Å²) < 4.78 is 25.9. The summed E-state index contributed by atoms with van der Waals surface area (Å²) in [5.41, 5.74) is 5.98. The molecule has 1 rings (SSSR count). The lowest BCUT2D eigenvalue weighted by molar-refractivity contribution is 0.318. The maximum absolute atomic E-state index is 13.3. The highest BCUT2D eigenvalue weighted by atomic mass is 19.1. The third-order valence-electron chi connectivity index (χ3n) is 2.23. The van der Waals surface area contributed by atoms with Crippen LogP contribution in [-0.4, -0.2) is 0 Å². The Kier molecular flexibility index (Phi) is 2.90. The summed E-state index contributed by atoms with van der Waals surface area (Å²) in [6.45, 7) is 5.75. The molecular formula is C11H15F2N. The molecule has 0 spiro atoms. The Hall–Kier alpha value is -0.960. The van der Waals surface area contributed by atoms with Crippen molar-refractivity contribution >= 4 is 0 Å². The predicted molar refractivity (Wildman–Crippen MR) is 52.7 cm³/mol. The zero-order valence-corrected chi connectivity index (χ0v) is 8.64. The molecule has 0 aliphatic carbocycles. The molecular weight excluding hydrogens is 184 g/mol. The molecule has 0 amide bonds. The lowest BCUT2D eigenvalue weighted by Gasteiger charge is -2.27. The third kappa shape index (κ3) is 2.29. The number of nitrogens with two attached hydrogens (primary N) is 1. The summed E-state index contributed by atoms with van der Waals surface area (Å²) in [4.78, 5) is 0. The maximum Gasteiger partial charge on any atom is 0.130 e. The molecule has 1 aromatic rings. The molecule has 0 bridgehead atoms. The average Bonchev–Trinajstić information content (AvgIpc) is 2.01. The van der Waals surface area contributed by atoms with E-state index in [4.69, 9.17) is 5.73 Å². The van der Waals surface area contributed by atoms with Gasteiger partial charge in [-0.3, -0.25) is 0 Å². The Labute approximate surface area is 82.9 Å². The molecule has 1 atom stereocenters. The molecule has 14 heavy (non-hydrogen) atoms. The van der Waals surface area contributed by atoms with Gasteiger partial charge in [0.25, 0.3) is 0 Å². The predicted octanol–water partition coefficient (Wildman–Crippen LogP) is 3.01.